The largest absolute Gasteiger partial charge is 0.479 e. The molecule has 1 aliphatic rings. The summed E-state index contributed by atoms with van der Waals surface area (Å²) >= 11 is 0. The molecule has 1 heterocycles. The van der Waals surface area contributed by atoms with Crippen molar-refractivity contribution in [2.45, 2.75) is 25.0 Å². The smallest absolute Gasteiger partial charge is 0.332 e. The fourth-order valence-electron chi connectivity index (χ4n) is 2.29. The maximum Gasteiger partial charge on any atom is 0.332 e. The van der Waals surface area contributed by atoms with Crippen molar-refractivity contribution < 1.29 is 33.0 Å². The SMILES string of the molecule is O=C(NCCNC(=O)[C@@H]1CC[C@H](C(=O)O)O1)c1c(F)cccc1F. The van der Waals surface area contributed by atoms with Gasteiger partial charge in [0.2, 0.25) is 5.91 Å². The lowest BCUT2D eigenvalue weighted by molar-refractivity contribution is -0.151. The van der Waals surface area contributed by atoms with Crippen LogP contribution in [0.15, 0.2) is 18.2 Å². The van der Waals surface area contributed by atoms with Gasteiger partial charge in [-0.25, -0.2) is 13.6 Å². The number of carboxylic acid groups (broad SMARTS) is 1. The lowest BCUT2D eigenvalue weighted by atomic mass is 10.2. The van der Waals surface area contributed by atoms with Crippen molar-refractivity contribution in [3.63, 3.8) is 0 Å². The molecule has 0 bridgehead atoms. The van der Waals surface area contributed by atoms with Gasteiger partial charge in [-0.05, 0) is 25.0 Å². The van der Waals surface area contributed by atoms with Gasteiger partial charge in [-0.3, -0.25) is 9.59 Å². The Morgan fingerprint density at radius 3 is 2.25 bits per heavy atom. The number of rotatable bonds is 6. The minimum Gasteiger partial charge on any atom is -0.479 e. The Bertz CT molecular complexity index is 633. The zero-order chi connectivity index (χ0) is 17.7. The van der Waals surface area contributed by atoms with Crippen molar-refractivity contribution >= 4 is 17.8 Å². The lowest BCUT2D eigenvalue weighted by Gasteiger charge is -2.12. The van der Waals surface area contributed by atoms with E-state index in [2.05, 4.69) is 10.6 Å². The molecule has 3 N–H and O–H groups in total. The molecule has 7 nitrogen and oxygen atoms in total. The summed E-state index contributed by atoms with van der Waals surface area (Å²) < 4.78 is 31.9. The third kappa shape index (κ3) is 4.25. The molecular weight excluding hydrogens is 326 g/mol. The summed E-state index contributed by atoms with van der Waals surface area (Å²) in [5.41, 5.74) is -0.688. The van der Waals surface area contributed by atoms with Crippen LogP contribution in [0.2, 0.25) is 0 Å². The monoisotopic (exact) mass is 342 g/mol. The fourth-order valence-corrected chi connectivity index (χ4v) is 2.29. The third-order valence-corrected chi connectivity index (χ3v) is 3.49. The molecule has 0 radical (unpaired) electrons. The van der Waals surface area contributed by atoms with E-state index in [0.29, 0.717) is 0 Å². The summed E-state index contributed by atoms with van der Waals surface area (Å²) in [4.78, 5) is 34.2. The van der Waals surface area contributed by atoms with Crippen molar-refractivity contribution in [3.05, 3.63) is 35.4 Å². The Labute approximate surface area is 136 Å². The number of nitrogens with one attached hydrogen (secondary N) is 2. The summed E-state index contributed by atoms with van der Waals surface area (Å²) in [7, 11) is 0. The molecule has 130 valence electrons. The van der Waals surface area contributed by atoms with Crippen molar-refractivity contribution in [1.29, 1.82) is 0 Å². The minimum absolute atomic E-state index is 0.0121. The summed E-state index contributed by atoms with van der Waals surface area (Å²) in [6.07, 6.45) is -1.32. The molecule has 2 amide bonds. The van der Waals surface area contributed by atoms with Crippen LogP contribution in [0.1, 0.15) is 23.2 Å². The Balaban J connectivity index is 1.74. The summed E-state index contributed by atoms with van der Waals surface area (Å²) in [6.45, 7) is -0.0360. The van der Waals surface area contributed by atoms with Crippen LogP contribution < -0.4 is 10.6 Å². The number of carbonyl (C=O) groups is 3. The van der Waals surface area contributed by atoms with Crippen LogP contribution in [-0.4, -0.2) is 48.2 Å². The van der Waals surface area contributed by atoms with Crippen LogP contribution in [0.4, 0.5) is 8.78 Å². The first-order chi connectivity index (χ1) is 11.4. The topological polar surface area (TPSA) is 105 Å². The molecule has 0 saturated carbocycles. The molecule has 1 aromatic rings. The van der Waals surface area contributed by atoms with E-state index < -0.39 is 47.2 Å². The van der Waals surface area contributed by atoms with Gasteiger partial charge in [0.15, 0.2) is 6.10 Å². The first-order valence-electron chi connectivity index (χ1n) is 7.28. The van der Waals surface area contributed by atoms with E-state index in [1.165, 1.54) is 0 Å². The normalized spacial score (nSPS) is 19.8. The molecule has 0 aliphatic carbocycles. The van der Waals surface area contributed by atoms with Crippen molar-refractivity contribution in [1.82, 2.24) is 10.6 Å². The van der Waals surface area contributed by atoms with Crippen LogP contribution >= 0.6 is 0 Å². The number of ether oxygens (including phenoxy) is 1. The molecule has 2 rings (SSSR count). The molecule has 0 unspecified atom stereocenters. The van der Waals surface area contributed by atoms with Crippen molar-refractivity contribution in [3.8, 4) is 0 Å². The van der Waals surface area contributed by atoms with Gasteiger partial charge in [0, 0.05) is 13.1 Å². The second-order valence-electron chi connectivity index (χ2n) is 5.17. The van der Waals surface area contributed by atoms with Crippen LogP contribution in [-0.2, 0) is 14.3 Å². The average molecular weight is 342 g/mol. The van der Waals surface area contributed by atoms with E-state index in [0.717, 1.165) is 18.2 Å². The molecule has 1 fully saturated rings. The van der Waals surface area contributed by atoms with Gasteiger partial charge in [0.05, 0.1) is 0 Å². The second kappa shape index (κ2) is 7.82. The number of benzene rings is 1. The highest BCUT2D eigenvalue weighted by Gasteiger charge is 2.34. The van der Waals surface area contributed by atoms with E-state index in [1.54, 1.807) is 0 Å². The maximum absolute atomic E-state index is 13.4. The van der Waals surface area contributed by atoms with Crippen LogP contribution in [0.25, 0.3) is 0 Å². The Morgan fingerprint density at radius 1 is 1.08 bits per heavy atom. The minimum atomic E-state index is -1.12. The molecule has 1 aliphatic heterocycles. The first-order valence-corrected chi connectivity index (χ1v) is 7.28. The molecular formula is C15H16F2N2O5. The summed E-state index contributed by atoms with van der Waals surface area (Å²) in [6, 6.07) is 3.08. The number of hydrogen-bond acceptors (Lipinski definition) is 4. The molecule has 24 heavy (non-hydrogen) atoms. The number of hydrogen-bond donors (Lipinski definition) is 3. The van der Waals surface area contributed by atoms with Crippen LogP contribution in [0.3, 0.4) is 0 Å². The molecule has 0 aromatic heterocycles. The van der Waals surface area contributed by atoms with E-state index in [1.807, 2.05) is 0 Å². The Hall–Kier alpha value is -2.55. The standard InChI is InChI=1S/C15H16F2N2O5/c16-8-2-1-3-9(17)12(8)14(21)19-7-6-18-13(20)10-4-5-11(24-10)15(22)23/h1-3,10-11H,4-7H2,(H,18,20)(H,19,21)(H,22,23)/t10-,11+/m0/s1. The molecule has 2 atom stereocenters. The van der Waals surface area contributed by atoms with Gasteiger partial charge >= 0.3 is 5.97 Å². The van der Waals surface area contributed by atoms with E-state index in [4.69, 9.17) is 9.84 Å². The lowest BCUT2D eigenvalue weighted by Crippen LogP contribution is -2.40. The van der Waals surface area contributed by atoms with Gasteiger partial charge in [-0.1, -0.05) is 6.07 Å². The Morgan fingerprint density at radius 2 is 1.67 bits per heavy atom. The maximum atomic E-state index is 13.4. The number of carbonyl (C=O) groups excluding carboxylic acids is 2. The van der Waals surface area contributed by atoms with E-state index in [9.17, 15) is 23.2 Å². The second-order valence-corrected chi connectivity index (χ2v) is 5.17. The summed E-state index contributed by atoms with van der Waals surface area (Å²) in [5, 5.41) is 13.5. The van der Waals surface area contributed by atoms with E-state index >= 15 is 0 Å². The zero-order valence-corrected chi connectivity index (χ0v) is 12.6. The third-order valence-electron chi connectivity index (χ3n) is 3.49. The van der Waals surface area contributed by atoms with Gasteiger partial charge in [-0.2, -0.15) is 0 Å². The van der Waals surface area contributed by atoms with Gasteiger partial charge < -0.3 is 20.5 Å². The van der Waals surface area contributed by atoms with Crippen LogP contribution in [0.5, 0.6) is 0 Å². The predicted octanol–water partition coefficient (Wildman–Crippen LogP) is 0.443. The number of amides is 2. The van der Waals surface area contributed by atoms with Gasteiger partial charge in [0.1, 0.15) is 23.3 Å². The molecule has 1 aromatic carbocycles. The number of aliphatic carboxylic acids is 1. The molecule has 9 heteroatoms. The number of carboxylic acids is 1. The van der Waals surface area contributed by atoms with Crippen molar-refractivity contribution in [2.24, 2.45) is 0 Å². The first kappa shape index (κ1) is 17.8. The highest BCUT2D eigenvalue weighted by Crippen LogP contribution is 2.19. The molecule has 0 spiro atoms. The quantitative estimate of drug-likeness (QED) is 0.651. The fraction of sp³-hybridized carbons (Fsp3) is 0.400. The van der Waals surface area contributed by atoms with Gasteiger partial charge in [0.25, 0.3) is 5.91 Å². The highest BCUT2D eigenvalue weighted by atomic mass is 19.1. The average Bonchev–Trinajstić information content (AvgIpc) is 3.01. The van der Waals surface area contributed by atoms with Crippen LogP contribution in [0, 0.1) is 11.6 Å². The summed E-state index contributed by atoms with van der Waals surface area (Å²) in [5.74, 6) is -4.50. The number of halogens is 2. The van der Waals surface area contributed by atoms with Gasteiger partial charge in [-0.15, -0.1) is 0 Å². The molecule has 1 saturated heterocycles. The Kier molecular flexibility index (Phi) is 5.80. The van der Waals surface area contributed by atoms with E-state index in [-0.39, 0.29) is 25.9 Å². The predicted molar refractivity (Wildman–Crippen MR) is 77.2 cm³/mol. The highest BCUT2D eigenvalue weighted by molar-refractivity contribution is 5.94. The zero-order valence-electron chi connectivity index (χ0n) is 12.6. The van der Waals surface area contributed by atoms with Crippen molar-refractivity contribution in [2.75, 3.05) is 13.1 Å².